The van der Waals surface area contributed by atoms with Gasteiger partial charge < -0.3 is 5.73 Å². The maximum absolute atomic E-state index is 12.4. The lowest BCUT2D eigenvalue weighted by Crippen LogP contribution is -2.41. The molecule has 0 aliphatic heterocycles. The summed E-state index contributed by atoms with van der Waals surface area (Å²) in [5.74, 6) is 0.714. The minimum atomic E-state index is -3.10. The van der Waals surface area contributed by atoms with Crippen LogP contribution >= 0.6 is 0 Å². The van der Waals surface area contributed by atoms with Gasteiger partial charge in [-0.2, -0.15) is 4.31 Å². The van der Waals surface area contributed by atoms with Crippen molar-refractivity contribution in [1.82, 2.24) is 4.31 Å². The third-order valence-corrected chi connectivity index (χ3v) is 5.57. The lowest BCUT2D eigenvalue weighted by Gasteiger charge is -2.28. The van der Waals surface area contributed by atoms with E-state index >= 15 is 0 Å². The quantitative estimate of drug-likeness (QED) is 0.737. The zero-order valence-corrected chi connectivity index (χ0v) is 12.6. The van der Waals surface area contributed by atoms with Crippen molar-refractivity contribution >= 4 is 10.0 Å². The topological polar surface area (TPSA) is 63.4 Å². The van der Waals surface area contributed by atoms with Crippen LogP contribution in [0.1, 0.15) is 52.4 Å². The first kappa shape index (κ1) is 15.9. The predicted octanol–water partition coefficient (Wildman–Crippen LogP) is 1.96. The van der Waals surface area contributed by atoms with Gasteiger partial charge in [0.2, 0.25) is 10.0 Å². The highest BCUT2D eigenvalue weighted by Gasteiger charge is 2.31. The van der Waals surface area contributed by atoms with E-state index < -0.39 is 10.0 Å². The second-order valence-corrected chi connectivity index (χ2v) is 7.73. The largest absolute Gasteiger partial charge is 0.330 e. The average molecular weight is 276 g/mol. The molecule has 0 aromatic heterocycles. The molecule has 1 saturated carbocycles. The van der Waals surface area contributed by atoms with E-state index in [1.165, 1.54) is 0 Å². The van der Waals surface area contributed by atoms with E-state index in [1.54, 1.807) is 4.31 Å². The van der Waals surface area contributed by atoms with Gasteiger partial charge in [0, 0.05) is 12.6 Å². The molecule has 0 bridgehead atoms. The van der Waals surface area contributed by atoms with Gasteiger partial charge in [0.25, 0.3) is 0 Å². The molecule has 18 heavy (non-hydrogen) atoms. The number of hydrogen-bond acceptors (Lipinski definition) is 3. The summed E-state index contributed by atoms with van der Waals surface area (Å²) < 4.78 is 26.6. The van der Waals surface area contributed by atoms with E-state index in [-0.39, 0.29) is 11.8 Å². The van der Waals surface area contributed by atoms with Crippen LogP contribution in [0.25, 0.3) is 0 Å². The van der Waals surface area contributed by atoms with Crippen molar-refractivity contribution in [3.63, 3.8) is 0 Å². The van der Waals surface area contributed by atoms with Crippen molar-refractivity contribution < 1.29 is 8.42 Å². The third kappa shape index (κ3) is 4.86. The molecule has 0 amide bonds. The van der Waals surface area contributed by atoms with Gasteiger partial charge in [-0.3, -0.25) is 0 Å². The van der Waals surface area contributed by atoms with E-state index in [2.05, 4.69) is 13.8 Å². The predicted molar refractivity (Wildman–Crippen MR) is 75.9 cm³/mol. The number of nitrogens with two attached hydrogens (primary N) is 1. The van der Waals surface area contributed by atoms with Gasteiger partial charge in [-0.05, 0) is 38.1 Å². The van der Waals surface area contributed by atoms with Crippen molar-refractivity contribution in [3.05, 3.63) is 0 Å². The molecule has 2 N–H and O–H groups in total. The first-order chi connectivity index (χ1) is 8.47. The lowest BCUT2D eigenvalue weighted by molar-refractivity contribution is 0.319. The standard InChI is InChI=1S/C13H28N2O2S/c1-12(2)8-11-18(16,17)15(10-5-9-14)13-6-3-4-7-13/h12-13H,3-11,14H2,1-2H3. The van der Waals surface area contributed by atoms with Crippen LogP contribution < -0.4 is 5.73 Å². The molecule has 4 nitrogen and oxygen atoms in total. The van der Waals surface area contributed by atoms with Crippen LogP contribution in [0, 0.1) is 5.92 Å². The number of hydrogen-bond donors (Lipinski definition) is 1. The van der Waals surface area contributed by atoms with E-state index in [4.69, 9.17) is 5.73 Å². The molecule has 0 atom stereocenters. The van der Waals surface area contributed by atoms with Crippen LogP contribution in [0.5, 0.6) is 0 Å². The normalized spacial score (nSPS) is 18.1. The Bertz CT molecular complexity index is 322. The molecular weight excluding hydrogens is 248 g/mol. The molecule has 0 spiro atoms. The highest BCUT2D eigenvalue weighted by molar-refractivity contribution is 7.89. The Morgan fingerprint density at radius 1 is 1.28 bits per heavy atom. The summed E-state index contributed by atoms with van der Waals surface area (Å²) in [6.07, 6.45) is 5.86. The van der Waals surface area contributed by atoms with Crippen LogP contribution in [-0.2, 0) is 10.0 Å². The molecule has 0 aromatic rings. The van der Waals surface area contributed by atoms with Gasteiger partial charge >= 0.3 is 0 Å². The lowest BCUT2D eigenvalue weighted by atomic mass is 10.2. The molecule has 5 heteroatoms. The van der Waals surface area contributed by atoms with Gasteiger partial charge in [-0.15, -0.1) is 0 Å². The number of sulfonamides is 1. The molecule has 1 rings (SSSR count). The second-order valence-electron chi connectivity index (χ2n) is 5.69. The molecule has 108 valence electrons. The Morgan fingerprint density at radius 2 is 1.89 bits per heavy atom. The van der Waals surface area contributed by atoms with Crippen molar-refractivity contribution in [1.29, 1.82) is 0 Å². The molecular formula is C13H28N2O2S. The molecule has 0 saturated heterocycles. The van der Waals surface area contributed by atoms with Gasteiger partial charge in [0.05, 0.1) is 5.75 Å². The third-order valence-electron chi connectivity index (χ3n) is 3.63. The second kappa shape index (κ2) is 7.46. The average Bonchev–Trinajstić information content (AvgIpc) is 2.80. The number of rotatable bonds is 8. The van der Waals surface area contributed by atoms with Crippen molar-refractivity contribution in [2.24, 2.45) is 11.7 Å². The Morgan fingerprint density at radius 3 is 2.39 bits per heavy atom. The maximum Gasteiger partial charge on any atom is 0.214 e. The highest BCUT2D eigenvalue weighted by atomic mass is 32.2. The Labute approximate surface area is 112 Å². The van der Waals surface area contributed by atoms with Crippen LogP contribution in [0.3, 0.4) is 0 Å². The summed E-state index contributed by atoms with van der Waals surface area (Å²) in [7, 11) is -3.10. The fourth-order valence-electron chi connectivity index (χ4n) is 2.49. The minimum Gasteiger partial charge on any atom is -0.330 e. The SMILES string of the molecule is CC(C)CCS(=O)(=O)N(CCCN)C1CCCC1. The molecule has 1 fully saturated rings. The van der Waals surface area contributed by atoms with E-state index in [0.717, 1.165) is 38.5 Å². The minimum absolute atomic E-state index is 0.230. The first-order valence-corrected chi connectivity index (χ1v) is 8.78. The number of nitrogens with zero attached hydrogens (tertiary/aromatic N) is 1. The Kier molecular flexibility index (Phi) is 6.60. The zero-order valence-electron chi connectivity index (χ0n) is 11.8. The monoisotopic (exact) mass is 276 g/mol. The zero-order chi connectivity index (χ0) is 13.6. The van der Waals surface area contributed by atoms with Crippen molar-refractivity contribution in [3.8, 4) is 0 Å². The Balaban J connectivity index is 2.67. The molecule has 1 aliphatic carbocycles. The van der Waals surface area contributed by atoms with Crippen LogP contribution in [0.4, 0.5) is 0 Å². The summed E-state index contributed by atoms with van der Waals surface area (Å²) in [6, 6.07) is 0.230. The van der Waals surface area contributed by atoms with Gasteiger partial charge in [-0.25, -0.2) is 8.42 Å². The van der Waals surface area contributed by atoms with Crippen LogP contribution in [-0.4, -0.2) is 37.6 Å². The summed E-state index contributed by atoms with van der Waals surface area (Å²) in [5, 5.41) is 0. The van der Waals surface area contributed by atoms with Crippen molar-refractivity contribution in [2.75, 3.05) is 18.8 Å². The summed E-state index contributed by atoms with van der Waals surface area (Å²) in [6.45, 7) is 5.29. The Hall–Kier alpha value is -0.130. The molecule has 0 aromatic carbocycles. The molecule has 0 radical (unpaired) electrons. The van der Waals surface area contributed by atoms with Gasteiger partial charge in [-0.1, -0.05) is 26.7 Å². The smallest absolute Gasteiger partial charge is 0.214 e. The van der Waals surface area contributed by atoms with E-state index in [0.29, 0.717) is 19.0 Å². The van der Waals surface area contributed by atoms with Gasteiger partial charge in [0.15, 0.2) is 0 Å². The van der Waals surface area contributed by atoms with Gasteiger partial charge in [0.1, 0.15) is 0 Å². The first-order valence-electron chi connectivity index (χ1n) is 7.17. The fourth-order valence-corrected chi connectivity index (χ4v) is 4.57. The summed E-state index contributed by atoms with van der Waals surface area (Å²) in [4.78, 5) is 0. The van der Waals surface area contributed by atoms with Crippen LogP contribution in [0.15, 0.2) is 0 Å². The summed E-state index contributed by atoms with van der Waals surface area (Å²) >= 11 is 0. The van der Waals surface area contributed by atoms with Crippen LogP contribution in [0.2, 0.25) is 0 Å². The molecule has 0 unspecified atom stereocenters. The summed E-state index contributed by atoms with van der Waals surface area (Å²) in [5.41, 5.74) is 5.52. The molecule has 0 heterocycles. The fraction of sp³-hybridized carbons (Fsp3) is 1.00. The van der Waals surface area contributed by atoms with E-state index in [9.17, 15) is 8.42 Å². The highest BCUT2D eigenvalue weighted by Crippen LogP contribution is 2.26. The van der Waals surface area contributed by atoms with Crippen molar-refractivity contribution in [2.45, 2.75) is 58.4 Å². The molecule has 1 aliphatic rings. The van der Waals surface area contributed by atoms with E-state index in [1.807, 2.05) is 0 Å². The maximum atomic E-state index is 12.4.